The Hall–Kier alpha value is -2.28. The smallest absolute Gasteiger partial charge is 0.281 e. The third-order valence-corrected chi connectivity index (χ3v) is 4.60. The Labute approximate surface area is 121 Å². The van der Waals surface area contributed by atoms with Gasteiger partial charge in [-0.15, -0.1) is 4.40 Å². The molecular weight excluding hydrogens is 293 g/mol. The molecule has 0 fully saturated rings. The van der Waals surface area contributed by atoms with Crippen LogP contribution in [0.3, 0.4) is 0 Å². The van der Waals surface area contributed by atoms with E-state index in [-0.39, 0.29) is 22.4 Å². The quantitative estimate of drug-likeness (QED) is 0.812. The Morgan fingerprint density at radius 2 is 1.95 bits per heavy atom. The molecule has 3 rings (SSSR count). The number of benzene rings is 1. The van der Waals surface area contributed by atoms with Crippen LogP contribution in [0.5, 0.6) is 0 Å². The van der Waals surface area contributed by atoms with Gasteiger partial charge in [0, 0.05) is 11.9 Å². The van der Waals surface area contributed by atoms with Gasteiger partial charge in [-0.25, -0.2) is 9.37 Å². The van der Waals surface area contributed by atoms with Gasteiger partial charge in [0.25, 0.3) is 10.0 Å². The highest BCUT2D eigenvalue weighted by Gasteiger charge is 2.30. The first-order valence-electron chi connectivity index (χ1n) is 6.23. The predicted molar refractivity (Wildman–Crippen MR) is 77.8 cm³/mol. The van der Waals surface area contributed by atoms with Gasteiger partial charge in [-0.3, -0.25) is 4.90 Å². The summed E-state index contributed by atoms with van der Waals surface area (Å²) < 4.78 is 41.3. The van der Waals surface area contributed by atoms with Crippen LogP contribution >= 0.6 is 0 Å². The number of hydrogen-bond acceptors (Lipinski definition) is 4. The normalized spacial score (nSPS) is 16.3. The number of anilines is 2. The summed E-state index contributed by atoms with van der Waals surface area (Å²) in [6, 6.07) is 7.53. The largest absolute Gasteiger partial charge is 0.287 e. The third kappa shape index (κ3) is 2.19. The van der Waals surface area contributed by atoms with E-state index in [1.165, 1.54) is 18.3 Å². The molecule has 1 aromatic heterocycles. The lowest BCUT2D eigenvalue weighted by Crippen LogP contribution is -2.30. The van der Waals surface area contributed by atoms with Crippen molar-refractivity contribution < 1.29 is 12.8 Å². The molecule has 0 amide bonds. The highest BCUT2D eigenvalue weighted by atomic mass is 32.2. The molecule has 0 radical (unpaired) electrons. The van der Waals surface area contributed by atoms with Crippen LogP contribution < -0.4 is 4.90 Å². The maximum absolute atomic E-state index is 13.4. The lowest BCUT2D eigenvalue weighted by Gasteiger charge is -2.28. The molecule has 0 saturated heterocycles. The number of sulfonamides is 1. The first-order valence-corrected chi connectivity index (χ1v) is 7.67. The van der Waals surface area contributed by atoms with Crippen molar-refractivity contribution in [2.24, 2.45) is 4.40 Å². The minimum atomic E-state index is -3.74. The van der Waals surface area contributed by atoms with E-state index in [2.05, 4.69) is 9.38 Å². The molecule has 21 heavy (non-hydrogen) atoms. The van der Waals surface area contributed by atoms with E-state index in [4.69, 9.17) is 0 Å². The zero-order valence-electron chi connectivity index (χ0n) is 11.4. The van der Waals surface area contributed by atoms with Crippen LogP contribution in [0.15, 0.2) is 45.8 Å². The average molecular weight is 305 g/mol. The van der Waals surface area contributed by atoms with Gasteiger partial charge in [0.15, 0.2) is 5.82 Å². The fourth-order valence-electron chi connectivity index (χ4n) is 2.25. The van der Waals surface area contributed by atoms with Gasteiger partial charge < -0.3 is 0 Å². The number of fused-ring (bicyclic) bond motifs is 1. The molecule has 0 saturated carbocycles. The Morgan fingerprint density at radius 1 is 1.19 bits per heavy atom. The molecule has 2 heterocycles. The van der Waals surface area contributed by atoms with E-state index in [1.807, 2.05) is 0 Å². The molecule has 5 nitrogen and oxygen atoms in total. The van der Waals surface area contributed by atoms with Gasteiger partial charge in [-0.1, -0.05) is 0 Å². The summed E-state index contributed by atoms with van der Waals surface area (Å²) in [5.41, 5.74) is 1.08. The van der Waals surface area contributed by atoms with E-state index in [0.717, 1.165) is 0 Å². The van der Waals surface area contributed by atoms with Crippen LogP contribution in [0, 0.1) is 12.7 Å². The molecule has 1 aliphatic rings. The molecule has 0 aliphatic carbocycles. The first kappa shape index (κ1) is 13.7. The average Bonchev–Trinajstić information content (AvgIpc) is 2.42. The van der Waals surface area contributed by atoms with E-state index >= 15 is 0 Å². The van der Waals surface area contributed by atoms with Crippen LogP contribution in [0.4, 0.5) is 15.9 Å². The van der Waals surface area contributed by atoms with Crippen molar-refractivity contribution in [3.8, 4) is 0 Å². The van der Waals surface area contributed by atoms with Crippen LogP contribution in [0.25, 0.3) is 0 Å². The summed E-state index contributed by atoms with van der Waals surface area (Å²) in [7, 11) is -3.74. The van der Waals surface area contributed by atoms with Crippen molar-refractivity contribution in [2.45, 2.75) is 18.7 Å². The maximum atomic E-state index is 13.4. The van der Waals surface area contributed by atoms with Gasteiger partial charge in [-0.05, 0) is 49.7 Å². The van der Waals surface area contributed by atoms with Crippen molar-refractivity contribution in [2.75, 3.05) is 4.90 Å². The summed E-state index contributed by atoms with van der Waals surface area (Å²) >= 11 is 0. The number of amidine groups is 1. The van der Waals surface area contributed by atoms with Crippen LogP contribution in [-0.4, -0.2) is 19.2 Å². The monoisotopic (exact) mass is 305 g/mol. The summed E-state index contributed by atoms with van der Waals surface area (Å²) in [6.07, 6.45) is 1.51. The zero-order chi connectivity index (χ0) is 15.2. The molecule has 108 valence electrons. The number of pyridine rings is 1. The Bertz CT molecular complexity index is 862. The van der Waals surface area contributed by atoms with Crippen molar-refractivity contribution in [1.82, 2.24) is 4.98 Å². The number of rotatable bonds is 1. The second-order valence-electron chi connectivity index (χ2n) is 4.71. The van der Waals surface area contributed by atoms with E-state index in [1.54, 1.807) is 36.9 Å². The molecule has 7 heteroatoms. The fraction of sp³-hybridized carbons (Fsp3) is 0.143. The Balaban J connectivity index is 2.25. The van der Waals surface area contributed by atoms with Crippen LogP contribution in [0.1, 0.15) is 12.5 Å². The van der Waals surface area contributed by atoms with Crippen molar-refractivity contribution >= 4 is 27.4 Å². The van der Waals surface area contributed by atoms with Crippen LogP contribution in [0.2, 0.25) is 0 Å². The molecule has 0 atom stereocenters. The molecule has 1 aliphatic heterocycles. The van der Waals surface area contributed by atoms with Gasteiger partial charge in [-0.2, -0.15) is 8.42 Å². The van der Waals surface area contributed by atoms with Crippen molar-refractivity contribution in [3.05, 3.63) is 47.9 Å². The molecule has 0 N–H and O–H groups in total. The number of hydrogen-bond donors (Lipinski definition) is 0. The topological polar surface area (TPSA) is 62.6 Å². The zero-order valence-corrected chi connectivity index (χ0v) is 12.2. The number of aromatic nitrogens is 1. The fourth-order valence-corrected chi connectivity index (χ4v) is 3.40. The lowest BCUT2D eigenvalue weighted by molar-refractivity contribution is 0.596. The highest BCUT2D eigenvalue weighted by Crippen LogP contribution is 2.35. The Kier molecular flexibility index (Phi) is 3.02. The number of aryl methyl sites for hydroxylation is 1. The summed E-state index contributed by atoms with van der Waals surface area (Å²) in [5, 5.41) is 0. The second kappa shape index (κ2) is 4.63. The third-order valence-electron chi connectivity index (χ3n) is 3.22. The van der Waals surface area contributed by atoms with E-state index in [9.17, 15) is 12.8 Å². The predicted octanol–water partition coefficient (Wildman–Crippen LogP) is 2.79. The maximum Gasteiger partial charge on any atom is 0.287 e. The summed E-state index contributed by atoms with van der Waals surface area (Å²) in [6.45, 7) is 3.22. The SMILES string of the molecule is CC1=NS(=O)(=O)c2cccnc2N1c1ccc(F)c(C)c1. The molecular formula is C14H12FN3O2S. The van der Waals surface area contributed by atoms with Gasteiger partial charge in [0.1, 0.15) is 16.5 Å². The minimum absolute atomic E-state index is 0.0394. The highest BCUT2D eigenvalue weighted by molar-refractivity contribution is 7.90. The minimum Gasteiger partial charge on any atom is -0.281 e. The standard InChI is InChI=1S/C14H12FN3O2S/c1-9-8-11(5-6-12(9)15)18-10(2)17-21(19,20)13-4-3-7-16-14(13)18/h3-8H,1-2H3. The molecule has 0 unspecified atom stereocenters. The Morgan fingerprint density at radius 3 is 2.67 bits per heavy atom. The van der Waals surface area contributed by atoms with E-state index in [0.29, 0.717) is 11.3 Å². The number of halogens is 1. The van der Waals surface area contributed by atoms with Gasteiger partial charge >= 0.3 is 0 Å². The van der Waals surface area contributed by atoms with E-state index < -0.39 is 10.0 Å². The summed E-state index contributed by atoms with van der Waals surface area (Å²) in [4.78, 5) is 5.79. The van der Waals surface area contributed by atoms with Crippen molar-refractivity contribution in [3.63, 3.8) is 0 Å². The molecule has 2 aromatic rings. The summed E-state index contributed by atoms with van der Waals surface area (Å²) in [5.74, 6) is 0.224. The van der Waals surface area contributed by atoms with Gasteiger partial charge in [0.2, 0.25) is 0 Å². The van der Waals surface area contributed by atoms with Crippen molar-refractivity contribution in [1.29, 1.82) is 0 Å². The second-order valence-corrected chi connectivity index (χ2v) is 6.28. The molecule has 1 aromatic carbocycles. The van der Waals surface area contributed by atoms with Crippen LogP contribution in [-0.2, 0) is 10.0 Å². The lowest BCUT2D eigenvalue weighted by atomic mass is 10.2. The number of nitrogens with zero attached hydrogens (tertiary/aromatic N) is 3. The molecule has 0 spiro atoms. The first-order chi connectivity index (χ1) is 9.90. The molecule has 0 bridgehead atoms. The van der Waals surface area contributed by atoms with Gasteiger partial charge in [0.05, 0.1) is 0 Å².